The SMILES string of the molecule is N#Cc1cnn2c1N[C@H](c1ccco1)C[C@@H]2C(F)(F)F. The number of aromatic nitrogens is 2. The topological polar surface area (TPSA) is 66.8 Å². The van der Waals surface area contributed by atoms with Gasteiger partial charge < -0.3 is 9.73 Å². The van der Waals surface area contributed by atoms with Crippen molar-refractivity contribution in [2.75, 3.05) is 5.32 Å². The third-order valence-electron chi connectivity index (χ3n) is 3.25. The van der Waals surface area contributed by atoms with E-state index in [0.717, 1.165) is 10.9 Å². The molecule has 0 bridgehead atoms. The van der Waals surface area contributed by atoms with Gasteiger partial charge in [0.15, 0.2) is 6.04 Å². The Kier molecular flexibility index (Phi) is 2.71. The lowest BCUT2D eigenvalue weighted by Gasteiger charge is -2.32. The molecule has 0 saturated carbocycles. The number of hydrogen-bond donors (Lipinski definition) is 1. The average Bonchev–Trinajstić information content (AvgIpc) is 3.05. The number of nitrogens with one attached hydrogen (secondary N) is 1. The molecule has 1 aliphatic rings. The molecule has 0 fully saturated rings. The summed E-state index contributed by atoms with van der Waals surface area (Å²) in [6.07, 6.45) is -2.15. The van der Waals surface area contributed by atoms with E-state index in [2.05, 4.69) is 10.4 Å². The van der Waals surface area contributed by atoms with Gasteiger partial charge in [-0.05, 0) is 12.1 Å². The molecule has 20 heavy (non-hydrogen) atoms. The van der Waals surface area contributed by atoms with Crippen LogP contribution in [0.3, 0.4) is 0 Å². The summed E-state index contributed by atoms with van der Waals surface area (Å²) >= 11 is 0. The lowest BCUT2D eigenvalue weighted by molar-refractivity contribution is -0.174. The minimum absolute atomic E-state index is 0.0717. The third kappa shape index (κ3) is 1.91. The van der Waals surface area contributed by atoms with Gasteiger partial charge in [0.05, 0.1) is 18.5 Å². The summed E-state index contributed by atoms with van der Waals surface area (Å²) in [6, 6.07) is 2.61. The van der Waals surface area contributed by atoms with Crippen LogP contribution in [0.1, 0.15) is 29.8 Å². The van der Waals surface area contributed by atoms with E-state index < -0.39 is 18.3 Å². The van der Waals surface area contributed by atoms with Gasteiger partial charge in [0, 0.05) is 6.42 Å². The molecular weight excluding hydrogens is 273 g/mol. The van der Waals surface area contributed by atoms with Crippen LogP contribution < -0.4 is 5.32 Å². The predicted molar refractivity (Wildman–Crippen MR) is 61.7 cm³/mol. The zero-order valence-electron chi connectivity index (χ0n) is 10.1. The molecule has 0 unspecified atom stereocenters. The molecular formula is C12H9F3N4O. The van der Waals surface area contributed by atoms with E-state index in [1.54, 1.807) is 12.1 Å². The molecule has 2 atom stereocenters. The van der Waals surface area contributed by atoms with Gasteiger partial charge in [-0.1, -0.05) is 0 Å². The predicted octanol–water partition coefficient (Wildman–Crippen LogP) is 3.01. The van der Waals surface area contributed by atoms with E-state index in [0.29, 0.717) is 5.76 Å². The van der Waals surface area contributed by atoms with Crippen LogP contribution in [0.25, 0.3) is 0 Å². The number of nitrogens with zero attached hydrogens (tertiary/aromatic N) is 3. The fourth-order valence-electron chi connectivity index (χ4n) is 2.32. The highest BCUT2D eigenvalue weighted by Gasteiger charge is 2.47. The normalized spacial score (nSPS) is 21.9. The van der Waals surface area contributed by atoms with Crippen molar-refractivity contribution in [3.63, 3.8) is 0 Å². The molecule has 0 aliphatic carbocycles. The fraction of sp³-hybridized carbons (Fsp3) is 0.333. The average molecular weight is 282 g/mol. The standard InChI is InChI=1S/C12H9F3N4O/c13-12(14,15)10-4-8(9-2-1-3-20-9)18-11-7(5-16)6-17-19(10)11/h1-3,6,8,10,18H,4H2/t8-,10+/m0/s1. The van der Waals surface area contributed by atoms with Gasteiger partial charge in [-0.3, -0.25) is 0 Å². The van der Waals surface area contributed by atoms with E-state index in [-0.39, 0.29) is 17.8 Å². The van der Waals surface area contributed by atoms with Crippen LogP contribution in [-0.4, -0.2) is 16.0 Å². The van der Waals surface area contributed by atoms with Crippen molar-refractivity contribution in [2.45, 2.75) is 24.7 Å². The number of hydrogen-bond acceptors (Lipinski definition) is 4. The zero-order valence-corrected chi connectivity index (χ0v) is 10.1. The number of anilines is 1. The third-order valence-corrected chi connectivity index (χ3v) is 3.25. The number of fused-ring (bicyclic) bond motifs is 1. The molecule has 0 spiro atoms. The van der Waals surface area contributed by atoms with Crippen molar-refractivity contribution in [3.05, 3.63) is 35.9 Å². The Morgan fingerprint density at radius 1 is 1.50 bits per heavy atom. The Morgan fingerprint density at radius 3 is 2.90 bits per heavy atom. The summed E-state index contributed by atoms with van der Waals surface area (Å²) in [6.45, 7) is 0. The first-order valence-electron chi connectivity index (χ1n) is 5.85. The fourth-order valence-corrected chi connectivity index (χ4v) is 2.32. The van der Waals surface area contributed by atoms with Crippen molar-refractivity contribution in [1.29, 1.82) is 5.26 Å². The Hall–Kier alpha value is -2.43. The van der Waals surface area contributed by atoms with Crippen LogP contribution in [0.5, 0.6) is 0 Å². The molecule has 5 nitrogen and oxygen atoms in total. The zero-order chi connectivity index (χ0) is 14.3. The molecule has 1 N–H and O–H groups in total. The lowest BCUT2D eigenvalue weighted by atomic mass is 10.0. The maximum atomic E-state index is 13.1. The summed E-state index contributed by atoms with van der Waals surface area (Å²) in [7, 11) is 0. The lowest BCUT2D eigenvalue weighted by Crippen LogP contribution is -2.35. The molecule has 3 heterocycles. The summed E-state index contributed by atoms with van der Waals surface area (Å²) in [4.78, 5) is 0. The van der Waals surface area contributed by atoms with Gasteiger partial charge in [0.25, 0.3) is 0 Å². The molecule has 0 radical (unpaired) electrons. The molecule has 0 saturated heterocycles. The van der Waals surface area contributed by atoms with Gasteiger partial charge in [-0.15, -0.1) is 0 Å². The molecule has 0 aromatic carbocycles. The van der Waals surface area contributed by atoms with Crippen LogP contribution in [0, 0.1) is 11.3 Å². The first kappa shape index (κ1) is 12.6. The molecule has 0 amide bonds. The Balaban J connectivity index is 2.06. The number of rotatable bonds is 1. The molecule has 3 rings (SSSR count). The maximum absolute atomic E-state index is 13.1. The quantitative estimate of drug-likeness (QED) is 0.873. The van der Waals surface area contributed by atoms with E-state index in [4.69, 9.17) is 9.68 Å². The molecule has 2 aromatic heterocycles. The smallest absolute Gasteiger partial charge is 0.410 e. The number of nitriles is 1. The monoisotopic (exact) mass is 282 g/mol. The van der Waals surface area contributed by atoms with Crippen LogP contribution >= 0.6 is 0 Å². The van der Waals surface area contributed by atoms with Gasteiger partial charge in [0.2, 0.25) is 0 Å². The van der Waals surface area contributed by atoms with Gasteiger partial charge in [-0.25, -0.2) is 4.68 Å². The molecule has 1 aliphatic heterocycles. The van der Waals surface area contributed by atoms with Crippen molar-refractivity contribution >= 4 is 5.82 Å². The van der Waals surface area contributed by atoms with Gasteiger partial charge in [-0.2, -0.15) is 23.5 Å². The van der Waals surface area contributed by atoms with Crippen molar-refractivity contribution in [2.24, 2.45) is 0 Å². The van der Waals surface area contributed by atoms with E-state index in [1.165, 1.54) is 6.26 Å². The van der Waals surface area contributed by atoms with Crippen LogP contribution in [0.4, 0.5) is 19.0 Å². The first-order chi connectivity index (χ1) is 9.50. The minimum atomic E-state index is -4.44. The molecule has 104 valence electrons. The van der Waals surface area contributed by atoms with Crippen LogP contribution in [0.2, 0.25) is 0 Å². The second-order valence-electron chi connectivity index (χ2n) is 4.47. The highest BCUT2D eigenvalue weighted by molar-refractivity contribution is 5.54. The highest BCUT2D eigenvalue weighted by Crippen LogP contribution is 2.44. The van der Waals surface area contributed by atoms with E-state index in [9.17, 15) is 13.2 Å². The number of halogens is 3. The summed E-state index contributed by atoms with van der Waals surface area (Å²) in [5.41, 5.74) is 0.0792. The summed E-state index contributed by atoms with van der Waals surface area (Å²) in [5, 5.41) is 15.5. The largest absolute Gasteiger partial charge is 0.467 e. The van der Waals surface area contributed by atoms with E-state index >= 15 is 0 Å². The minimum Gasteiger partial charge on any atom is -0.467 e. The Bertz CT molecular complexity index is 653. The summed E-state index contributed by atoms with van der Waals surface area (Å²) < 4.78 is 45.4. The van der Waals surface area contributed by atoms with Gasteiger partial charge in [0.1, 0.15) is 23.2 Å². The summed E-state index contributed by atoms with van der Waals surface area (Å²) in [5.74, 6) is 0.470. The van der Waals surface area contributed by atoms with Crippen molar-refractivity contribution in [1.82, 2.24) is 9.78 Å². The first-order valence-corrected chi connectivity index (χ1v) is 5.85. The van der Waals surface area contributed by atoms with E-state index in [1.807, 2.05) is 6.07 Å². The Labute approximate surface area is 111 Å². The highest BCUT2D eigenvalue weighted by atomic mass is 19.4. The van der Waals surface area contributed by atoms with Crippen LogP contribution in [0.15, 0.2) is 29.0 Å². The van der Waals surface area contributed by atoms with Crippen LogP contribution in [-0.2, 0) is 0 Å². The second kappa shape index (κ2) is 4.30. The maximum Gasteiger partial charge on any atom is 0.410 e. The van der Waals surface area contributed by atoms with Crippen molar-refractivity contribution < 1.29 is 17.6 Å². The van der Waals surface area contributed by atoms with Gasteiger partial charge >= 0.3 is 6.18 Å². The Morgan fingerprint density at radius 2 is 2.30 bits per heavy atom. The number of furan rings is 1. The second-order valence-corrected chi connectivity index (χ2v) is 4.47. The molecule has 8 heteroatoms. The molecule has 2 aromatic rings. The number of alkyl halides is 3. The van der Waals surface area contributed by atoms with Crippen molar-refractivity contribution in [3.8, 4) is 6.07 Å².